The number of hydrogen-bond acceptors (Lipinski definition) is 4. The van der Waals surface area contributed by atoms with Crippen LogP contribution < -0.4 is 10.6 Å². The van der Waals surface area contributed by atoms with Crippen LogP contribution in [-0.4, -0.2) is 51.4 Å². The maximum Gasteiger partial charge on any atom is 0.253 e. The van der Waals surface area contributed by atoms with Crippen molar-refractivity contribution in [3.8, 4) is 0 Å². The first-order chi connectivity index (χ1) is 13.4. The number of nitrogens with zero attached hydrogens (tertiary/aromatic N) is 3. The quantitative estimate of drug-likeness (QED) is 0.777. The highest BCUT2D eigenvalue weighted by atomic mass is 35.5. The smallest absolute Gasteiger partial charge is 0.253 e. The average Bonchev–Trinajstić information content (AvgIpc) is 3.12. The molecule has 2 amide bonds. The number of hydrogen-bond donors (Lipinski definition) is 2. The van der Waals surface area contributed by atoms with Crippen molar-refractivity contribution in [3.05, 3.63) is 47.4 Å². The number of pyridine rings is 1. The van der Waals surface area contributed by atoms with Gasteiger partial charge in [0.1, 0.15) is 12.4 Å². The summed E-state index contributed by atoms with van der Waals surface area (Å²) in [5.74, 6) is 0.118. The highest BCUT2D eigenvalue weighted by Gasteiger charge is 2.22. The first-order valence-electron chi connectivity index (χ1n) is 9.53. The maximum absolute atomic E-state index is 12.5. The van der Waals surface area contributed by atoms with Crippen molar-refractivity contribution < 1.29 is 9.59 Å². The van der Waals surface area contributed by atoms with Gasteiger partial charge in [0.25, 0.3) is 5.91 Å². The summed E-state index contributed by atoms with van der Waals surface area (Å²) in [5, 5.41) is 6.31. The highest BCUT2D eigenvalue weighted by molar-refractivity contribution is 6.30. The number of carbonyl (C=O) groups excluding carboxylic acids is 2. The molecule has 3 rings (SSSR count). The molecule has 0 aliphatic carbocycles. The second-order valence-corrected chi connectivity index (χ2v) is 7.80. The summed E-state index contributed by atoms with van der Waals surface area (Å²) in [5.41, 5.74) is 0.559. The Morgan fingerprint density at radius 1 is 1.25 bits per heavy atom. The number of likely N-dealkylation sites (tertiary alicyclic amines) is 1. The molecule has 28 heavy (non-hydrogen) atoms. The van der Waals surface area contributed by atoms with E-state index in [1.807, 2.05) is 0 Å². The number of amides is 2. The van der Waals surface area contributed by atoms with E-state index in [1.54, 1.807) is 35.2 Å². The molecule has 0 radical (unpaired) electrons. The zero-order valence-corrected chi connectivity index (χ0v) is 16.9. The van der Waals surface area contributed by atoms with E-state index in [0.29, 0.717) is 22.4 Å². The third kappa shape index (κ3) is 5.56. The predicted octanol–water partition coefficient (Wildman–Crippen LogP) is 2.78. The highest BCUT2D eigenvalue weighted by Crippen LogP contribution is 2.14. The van der Waals surface area contributed by atoms with Crippen molar-refractivity contribution in [1.29, 1.82) is 0 Å². The van der Waals surface area contributed by atoms with Crippen molar-refractivity contribution in [2.75, 3.05) is 18.4 Å². The molecule has 0 spiro atoms. The van der Waals surface area contributed by atoms with E-state index in [1.165, 1.54) is 6.20 Å². The molecule has 2 N–H and O–H groups in total. The van der Waals surface area contributed by atoms with Crippen LogP contribution in [-0.2, 0) is 11.3 Å². The second kappa shape index (κ2) is 9.21. The van der Waals surface area contributed by atoms with E-state index >= 15 is 0 Å². The van der Waals surface area contributed by atoms with E-state index < -0.39 is 0 Å². The number of nitrogens with one attached hydrogen (secondary N) is 2. The lowest BCUT2D eigenvalue weighted by atomic mass is 10.0. The minimum atomic E-state index is -0.224. The average molecular weight is 404 g/mol. The first kappa shape index (κ1) is 20.4. The standard InChI is InChI=1S/C20H26ClN5O2/c1-14(2)26-9-6-17(7-10-26)23-20(28)15-5-8-25(12-15)13-19(27)24-18-4-3-16(21)11-22-18/h3-5,8,11-12,14,17H,6-7,9-10,13H2,1-2H3,(H,23,28)(H,22,24,27). The van der Waals surface area contributed by atoms with Gasteiger partial charge in [-0.15, -0.1) is 0 Å². The van der Waals surface area contributed by atoms with E-state index in [0.717, 1.165) is 25.9 Å². The fourth-order valence-corrected chi connectivity index (χ4v) is 3.41. The molecule has 0 atom stereocenters. The maximum atomic E-state index is 12.5. The van der Waals surface area contributed by atoms with Crippen LogP contribution in [0.5, 0.6) is 0 Å². The van der Waals surface area contributed by atoms with Gasteiger partial charge in [0, 0.05) is 43.8 Å². The van der Waals surface area contributed by atoms with Crippen LogP contribution in [0, 0.1) is 0 Å². The van der Waals surface area contributed by atoms with Crippen molar-refractivity contribution in [1.82, 2.24) is 19.8 Å². The van der Waals surface area contributed by atoms with Crippen LogP contribution in [0.4, 0.5) is 5.82 Å². The zero-order valence-electron chi connectivity index (χ0n) is 16.2. The Labute approximate surface area is 170 Å². The first-order valence-corrected chi connectivity index (χ1v) is 9.90. The number of rotatable bonds is 6. The Hall–Kier alpha value is -2.38. The van der Waals surface area contributed by atoms with Crippen LogP contribution in [0.15, 0.2) is 36.8 Å². The molecule has 2 aromatic rings. The van der Waals surface area contributed by atoms with Crippen LogP contribution in [0.3, 0.4) is 0 Å². The number of carbonyl (C=O) groups is 2. The molecule has 3 heterocycles. The Morgan fingerprint density at radius 2 is 2.00 bits per heavy atom. The zero-order chi connectivity index (χ0) is 20.1. The Bertz CT molecular complexity index is 810. The van der Waals surface area contributed by atoms with E-state index in [9.17, 15) is 9.59 Å². The van der Waals surface area contributed by atoms with Gasteiger partial charge >= 0.3 is 0 Å². The Balaban J connectivity index is 1.48. The van der Waals surface area contributed by atoms with Crippen LogP contribution in [0.25, 0.3) is 0 Å². The molecule has 2 aromatic heterocycles. The Morgan fingerprint density at radius 3 is 2.64 bits per heavy atom. The molecular formula is C20H26ClN5O2. The van der Waals surface area contributed by atoms with E-state index in [4.69, 9.17) is 11.6 Å². The number of halogens is 1. The van der Waals surface area contributed by atoms with E-state index in [2.05, 4.69) is 34.4 Å². The summed E-state index contributed by atoms with van der Waals surface area (Å²) in [7, 11) is 0. The molecule has 8 heteroatoms. The molecule has 1 aliphatic rings. The van der Waals surface area contributed by atoms with Crippen molar-refractivity contribution in [2.24, 2.45) is 0 Å². The number of piperidine rings is 1. The van der Waals surface area contributed by atoms with Crippen molar-refractivity contribution in [2.45, 2.75) is 45.3 Å². The van der Waals surface area contributed by atoms with Gasteiger partial charge in [0.05, 0.1) is 10.6 Å². The minimum absolute atomic E-state index is 0.0958. The van der Waals surface area contributed by atoms with Crippen LogP contribution >= 0.6 is 11.6 Å². The van der Waals surface area contributed by atoms with Crippen molar-refractivity contribution >= 4 is 29.2 Å². The predicted molar refractivity (Wildman–Crippen MR) is 110 cm³/mol. The number of anilines is 1. The molecule has 0 aromatic carbocycles. The fraction of sp³-hybridized carbons (Fsp3) is 0.450. The molecule has 7 nitrogen and oxygen atoms in total. The van der Waals surface area contributed by atoms with Gasteiger partial charge in [-0.25, -0.2) is 4.98 Å². The summed E-state index contributed by atoms with van der Waals surface area (Å²) in [6.45, 7) is 6.50. The molecule has 1 aliphatic heterocycles. The summed E-state index contributed by atoms with van der Waals surface area (Å²) in [4.78, 5) is 31.1. The van der Waals surface area contributed by atoms with Gasteiger partial charge < -0.3 is 20.1 Å². The molecular weight excluding hydrogens is 378 g/mol. The SMILES string of the molecule is CC(C)N1CCC(NC(=O)c2ccn(CC(=O)Nc3ccc(Cl)cn3)c2)CC1. The molecule has 0 bridgehead atoms. The third-order valence-electron chi connectivity index (χ3n) is 4.93. The monoisotopic (exact) mass is 403 g/mol. The van der Waals surface area contributed by atoms with Crippen molar-refractivity contribution in [3.63, 3.8) is 0 Å². The molecule has 1 saturated heterocycles. The van der Waals surface area contributed by atoms with Gasteiger partial charge in [-0.2, -0.15) is 0 Å². The van der Waals surface area contributed by atoms with Crippen LogP contribution in [0.1, 0.15) is 37.0 Å². The molecule has 1 fully saturated rings. The summed E-state index contributed by atoms with van der Waals surface area (Å²) in [6.07, 6.45) is 6.81. The number of aromatic nitrogens is 2. The summed E-state index contributed by atoms with van der Waals surface area (Å²) >= 11 is 5.78. The minimum Gasteiger partial charge on any atom is -0.349 e. The van der Waals surface area contributed by atoms with Gasteiger partial charge in [-0.05, 0) is 44.9 Å². The molecule has 0 unspecified atom stereocenters. The topological polar surface area (TPSA) is 79.3 Å². The summed E-state index contributed by atoms with van der Waals surface area (Å²) < 4.78 is 1.68. The summed E-state index contributed by atoms with van der Waals surface area (Å²) in [6, 6.07) is 5.77. The third-order valence-corrected chi connectivity index (χ3v) is 5.15. The lowest BCUT2D eigenvalue weighted by molar-refractivity contribution is -0.116. The Kier molecular flexibility index (Phi) is 6.70. The van der Waals surface area contributed by atoms with Gasteiger partial charge in [0.15, 0.2) is 0 Å². The molecule has 0 saturated carbocycles. The normalized spacial score (nSPS) is 15.6. The van der Waals surface area contributed by atoms with Gasteiger partial charge in [-0.3, -0.25) is 9.59 Å². The lowest BCUT2D eigenvalue weighted by Gasteiger charge is -2.34. The van der Waals surface area contributed by atoms with Gasteiger partial charge in [0.2, 0.25) is 5.91 Å². The van der Waals surface area contributed by atoms with Crippen LogP contribution in [0.2, 0.25) is 5.02 Å². The molecule has 150 valence electrons. The lowest BCUT2D eigenvalue weighted by Crippen LogP contribution is -2.46. The fourth-order valence-electron chi connectivity index (χ4n) is 3.30. The second-order valence-electron chi connectivity index (χ2n) is 7.36. The largest absolute Gasteiger partial charge is 0.349 e. The van der Waals surface area contributed by atoms with Gasteiger partial charge in [-0.1, -0.05) is 11.6 Å². The van der Waals surface area contributed by atoms with E-state index in [-0.39, 0.29) is 24.4 Å².